The number of carboxylic acids is 1. The van der Waals surface area contributed by atoms with E-state index in [1.54, 1.807) is 0 Å². The van der Waals surface area contributed by atoms with Gasteiger partial charge in [0.1, 0.15) is 0 Å². The number of aliphatic carboxylic acids is 1. The maximum absolute atomic E-state index is 11.1. The first-order valence-electron chi connectivity index (χ1n) is 7.71. The van der Waals surface area contributed by atoms with Crippen molar-refractivity contribution in [2.45, 2.75) is 70.9 Å². The fraction of sp³-hybridized carbons (Fsp3) is 0.812. The normalized spacial score (nSPS) is 36.1. The van der Waals surface area contributed by atoms with Gasteiger partial charge in [-0.2, -0.15) is 0 Å². The van der Waals surface area contributed by atoms with Crippen molar-refractivity contribution in [2.75, 3.05) is 0 Å². The third-order valence-electron chi connectivity index (χ3n) is 4.66. The van der Waals surface area contributed by atoms with Crippen molar-refractivity contribution in [1.82, 2.24) is 0 Å². The van der Waals surface area contributed by atoms with E-state index in [0.29, 0.717) is 0 Å². The number of hydrogen-bond acceptors (Lipinski definition) is 3. The third kappa shape index (κ3) is 3.07. The maximum Gasteiger partial charge on any atom is 0.303 e. The van der Waals surface area contributed by atoms with Crippen LogP contribution in [0.3, 0.4) is 0 Å². The molecule has 2 rings (SSSR count). The second-order valence-electron chi connectivity index (χ2n) is 6.08. The summed E-state index contributed by atoms with van der Waals surface area (Å²) in [5, 5.41) is 9.10. The zero-order chi connectivity index (χ0) is 14.8. The highest BCUT2D eigenvalue weighted by Gasteiger charge is 2.55. The van der Waals surface area contributed by atoms with Crippen LogP contribution in [0, 0.1) is 11.8 Å². The molecule has 1 saturated heterocycles. The van der Waals surface area contributed by atoms with Crippen molar-refractivity contribution in [2.24, 2.45) is 11.8 Å². The maximum atomic E-state index is 11.1. The van der Waals surface area contributed by atoms with Crippen molar-refractivity contribution < 1.29 is 19.4 Å². The molecule has 1 aliphatic heterocycles. The summed E-state index contributed by atoms with van der Waals surface area (Å²) in [5.41, 5.74) is 0. The van der Waals surface area contributed by atoms with E-state index < -0.39 is 11.8 Å². The Hall–Kier alpha value is -0.870. The van der Waals surface area contributed by atoms with E-state index in [0.717, 1.165) is 25.7 Å². The van der Waals surface area contributed by atoms with Crippen LogP contribution in [0.2, 0.25) is 0 Å². The molecule has 1 spiro atoms. The highest BCUT2D eigenvalue weighted by Crippen LogP contribution is 2.51. The predicted molar refractivity (Wildman–Crippen MR) is 76.3 cm³/mol. The molecule has 0 aromatic rings. The van der Waals surface area contributed by atoms with Crippen LogP contribution in [0.15, 0.2) is 12.2 Å². The Morgan fingerprint density at radius 2 is 1.95 bits per heavy atom. The molecule has 4 atom stereocenters. The molecule has 0 aromatic heterocycles. The molecule has 4 nitrogen and oxygen atoms in total. The Morgan fingerprint density at radius 3 is 2.50 bits per heavy atom. The minimum absolute atomic E-state index is 0.0798. The molecule has 2 aliphatic rings. The van der Waals surface area contributed by atoms with Gasteiger partial charge in [0, 0.05) is 18.8 Å². The van der Waals surface area contributed by atoms with Crippen LogP contribution in [-0.2, 0) is 14.3 Å². The molecule has 2 fully saturated rings. The van der Waals surface area contributed by atoms with Crippen LogP contribution in [0.25, 0.3) is 0 Å². The van der Waals surface area contributed by atoms with Crippen molar-refractivity contribution in [3.05, 3.63) is 12.2 Å². The molecule has 1 aliphatic carbocycles. The monoisotopic (exact) mass is 284 g/mol. The second-order valence-corrected chi connectivity index (χ2v) is 6.08. The zero-order valence-electron chi connectivity index (χ0n) is 12.7. The predicted octanol–water partition coefficient (Wildman–Crippen LogP) is 3.36. The molecular formula is C16H26O4. The topological polar surface area (TPSA) is 55.8 Å². The number of rotatable bonds is 5. The van der Waals surface area contributed by atoms with E-state index in [9.17, 15) is 4.79 Å². The SMILES string of the molecule is CC/C=C\CC1C(C[14C](=O)O)CCC12O[C@H](C)[C@@H](C)O2. The molecule has 0 bridgehead atoms. The van der Waals surface area contributed by atoms with Crippen LogP contribution in [0.5, 0.6) is 0 Å². The molecule has 0 aromatic carbocycles. The minimum atomic E-state index is -0.726. The number of carboxylic acid groups (broad SMARTS) is 1. The molecule has 0 amide bonds. The molecule has 114 valence electrons. The fourth-order valence-electron chi connectivity index (χ4n) is 3.52. The summed E-state index contributed by atoms with van der Waals surface area (Å²) in [5.74, 6) is -0.993. The Morgan fingerprint density at radius 1 is 1.30 bits per heavy atom. The summed E-state index contributed by atoms with van der Waals surface area (Å²) in [4.78, 5) is 11.1. The fourth-order valence-corrected chi connectivity index (χ4v) is 3.52. The zero-order valence-corrected chi connectivity index (χ0v) is 12.7. The summed E-state index contributed by atoms with van der Waals surface area (Å²) in [6.07, 6.45) is 8.16. The van der Waals surface area contributed by atoms with E-state index in [4.69, 9.17) is 14.6 Å². The molecule has 1 N–H and O–H groups in total. The number of allylic oxidation sites excluding steroid dienone is 2. The molecule has 4 heteroatoms. The van der Waals surface area contributed by atoms with Crippen LogP contribution in [0.1, 0.15) is 52.9 Å². The van der Waals surface area contributed by atoms with Gasteiger partial charge in [-0.1, -0.05) is 19.1 Å². The summed E-state index contributed by atoms with van der Waals surface area (Å²) in [6, 6.07) is 0. The Balaban J connectivity index is 2.14. The molecule has 1 saturated carbocycles. The van der Waals surface area contributed by atoms with Crippen molar-refractivity contribution in [3.8, 4) is 0 Å². The van der Waals surface area contributed by atoms with Crippen molar-refractivity contribution >= 4 is 5.97 Å². The van der Waals surface area contributed by atoms with Gasteiger partial charge in [0.25, 0.3) is 0 Å². The first-order valence-corrected chi connectivity index (χ1v) is 7.71. The van der Waals surface area contributed by atoms with Crippen LogP contribution in [-0.4, -0.2) is 29.1 Å². The van der Waals surface area contributed by atoms with Gasteiger partial charge in [-0.25, -0.2) is 0 Å². The Bertz CT molecular complexity index is 367. The standard InChI is InChI=1S/C16H26O4/c1-4-5-6-7-14-13(10-15(17)18)8-9-16(14)19-11(2)12(3)20-16/h5-6,11-14H,4,7-10H2,1-3H3,(H,17,18)/b6-5-/t11-,12-,13?,14?/m1/s1/i15+2. The van der Waals surface area contributed by atoms with Gasteiger partial charge in [0.2, 0.25) is 0 Å². The lowest BCUT2D eigenvalue weighted by Crippen LogP contribution is -2.37. The highest BCUT2D eigenvalue weighted by atomic mass is 16.8. The van der Waals surface area contributed by atoms with Gasteiger partial charge >= 0.3 is 5.97 Å². The van der Waals surface area contributed by atoms with E-state index in [-0.39, 0.29) is 30.5 Å². The van der Waals surface area contributed by atoms with Crippen LogP contribution in [0.4, 0.5) is 0 Å². The average molecular weight is 284 g/mol. The molecular weight excluding hydrogens is 258 g/mol. The summed E-state index contributed by atoms with van der Waals surface area (Å²) >= 11 is 0. The van der Waals surface area contributed by atoms with Crippen LogP contribution >= 0.6 is 0 Å². The van der Waals surface area contributed by atoms with E-state index in [1.807, 2.05) is 13.8 Å². The Labute approximate surface area is 121 Å². The lowest BCUT2D eigenvalue weighted by molar-refractivity contribution is -0.200. The van der Waals surface area contributed by atoms with Gasteiger partial charge in [0.05, 0.1) is 12.2 Å². The summed E-state index contributed by atoms with van der Waals surface area (Å²) in [6.45, 7) is 6.16. The van der Waals surface area contributed by atoms with Crippen molar-refractivity contribution in [1.29, 1.82) is 0 Å². The van der Waals surface area contributed by atoms with Gasteiger partial charge in [-0.05, 0) is 39.0 Å². The first-order chi connectivity index (χ1) is 9.48. The quantitative estimate of drug-likeness (QED) is 0.786. The van der Waals surface area contributed by atoms with Gasteiger partial charge in [-0.3, -0.25) is 4.79 Å². The van der Waals surface area contributed by atoms with Gasteiger partial charge in [0.15, 0.2) is 5.79 Å². The molecule has 1 heterocycles. The summed E-state index contributed by atoms with van der Waals surface area (Å²) in [7, 11) is 0. The minimum Gasteiger partial charge on any atom is -0.481 e. The number of ether oxygens (including phenoxy) is 2. The number of hydrogen-bond donors (Lipinski definition) is 1. The lowest BCUT2D eigenvalue weighted by atomic mass is 9.89. The number of carbonyl (C=O) groups is 1. The van der Waals surface area contributed by atoms with Gasteiger partial charge in [-0.15, -0.1) is 0 Å². The Kier molecular flexibility index (Phi) is 4.86. The van der Waals surface area contributed by atoms with Gasteiger partial charge < -0.3 is 14.6 Å². The van der Waals surface area contributed by atoms with Crippen molar-refractivity contribution in [3.63, 3.8) is 0 Å². The smallest absolute Gasteiger partial charge is 0.303 e. The van der Waals surface area contributed by atoms with Crippen LogP contribution < -0.4 is 0 Å². The van der Waals surface area contributed by atoms with E-state index in [1.165, 1.54) is 0 Å². The molecule has 20 heavy (non-hydrogen) atoms. The average Bonchev–Trinajstić information content (AvgIpc) is 2.83. The second kappa shape index (κ2) is 6.27. The largest absolute Gasteiger partial charge is 0.481 e. The molecule has 2 unspecified atom stereocenters. The highest BCUT2D eigenvalue weighted by molar-refractivity contribution is 5.67. The first kappa shape index (κ1) is 15.5. The lowest BCUT2D eigenvalue weighted by Gasteiger charge is -2.32. The third-order valence-corrected chi connectivity index (χ3v) is 4.66. The van der Waals surface area contributed by atoms with E-state index >= 15 is 0 Å². The molecule has 0 radical (unpaired) electrons. The summed E-state index contributed by atoms with van der Waals surface area (Å²) < 4.78 is 12.3. The van der Waals surface area contributed by atoms with E-state index in [2.05, 4.69) is 19.1 Å².